The van der Waals surface area contributed by atoms with E-state index in [1.807, 2.05) is 38.1 Å². The van der Waals surface area contributed by atoms with Gasteiger partial charge >= 0.3 is 0 Å². The first-order valence-electron chi connectivity index (χ1n) is 8.27. The van der Waals surface area contributed by atoms with Gasteiger partial charge < -0.3 is 9.64 Å². The Morgan fingerprint density at radius 2 is 1.67 bits per heavy atom. The van der Waals surface area contributed by atoms with Crippen LogP contribution in [-0.4, -0.2) is 68.5 Å². The first-order valence-corrected chi connectivity index (χ1v) is 10.0. The molecule has 2 heterocycles. The number of benzene rings is 1. The van der Waals surface area contributed by atoms with E-state index < -0.39 is 10.2 Å². The Kier molecular flexibility index (Phi) is 5.36. The molecule has 24 heavy (non-hydrogen) atoms. The van der Waals surface area contributed by atoms with E-state index in [1.165, 1.54) is 0 Å². The van der Waals surface area contributed by atoms with Crippen molar-refractivity contribution in [3.63, 3.8) is 0 Å². The Hall–Kier alpha value is -0.860. The first kappa shape index (κ1) is 17.9. The van der Waals surface area contributed by atoms with Crippen LogP contribution in [0.15, 0.2) is 24.3 Å². The molecule has 134 valence electrons. The standard InChI is InChI=1S/C16H24ClN3O3S/c1-13-11-20(12-14(2)23-13)24(21,22)19-8-6-18(7-9-19)16-5-3-4-15(17)10-16/h3-5,10,13-14H,6-9,11-12H2,1-2H3. The number of halogens is 1. The van der Waals surface area contributed by atoms with Gasteiger partial charge in [0.1, 0.15) is 0 Å². The number of piperazine rings is 1. The number of morpholine rings is 1. The van der Waals surface area contributed by atoms with Gasteiger partial charge in [0.05, 0.1) is 12.2 Å². The fourth-order valence-electron chi connectivity index (χ4n) is 3.33. The van der Waals surface area contributed by atoms with E-state index in [0.717, 1.165) is 5.69 Å². The number of hydrogen-bond acceptors (Lipinski definition) is 4. The second kappa shape index (κ2) is 7.17. The van der Waals surface area contributed by atoms with Gasteiger partial charge in [-0.2, -0.15) is 17.0 Å². The highest BCUT2D eigenvalue weighted by molar-refractivity contribution is 7.86. The number of anilines is 1. The van der Waals surface area contributed by atoms with E-state index in [9.17, 15) is 8.42 Å². The smallest absolute Gasteiger partial charge is 0.282 e. The summed E-state index contributed by atoms with van der Waals surface area (Å²) in [6, 6.07) is 7.67. The van der Waals surface area contributed by atoms with Gasteiger partial charge in [-0.05, 0) is 32.0 Å². The van der Waals surface area contributed by atoms with E-state index in [1.54, 1.807) is 8.61 Å². The number of hydrogen-bond donors (Lipinski definition) is 0. The third kappa shape index (κ3) is 3.86. The molecule has 0 aromatic heterocycles. The quantitative estimate of drug-likeness (QED) is 0.811. The van der Waals surface area contributed by atoms with Crippen LogP contribution >= 0.6 is 11.6 Å². The van der Waals surface area contributed by atoms with E-state index in [0.29, 0.717) is 44.3 Å². The predicted molar refractivity (Wildman–Crippen MR) is 95.7 cm³/mol. The summed E-state index contributed by atoms with van der Waals surface area (Å²) in [6.07, 6.45) is -0.146. The SMILES string of the molecule is CC1CN(S(=O)(=O)N2CCN(c3cccc(Cl)c3)CC2)CC(C)O1. The van der Waals surface area contributed by atoms with Gasteiger partial charge in [-0.1, -0.05) is 17.7 Å². The molecule has 2 aliphatic rings. The van der Waals surface area contributed by atoms with Crippen LogP contribution in [0.1, 0.15) is 13.8 Å². The van der Waals surface area contributed by atoms with Crippen LogP contribution in [0.25, 0.3) is 0 Å². The minimum atomic E-state index is -3.43. The highest BCUT2D eigenvalue weighted by Gasteiger charge is 2.36. The Bertz CT molecular complexity index is 667. The van der Waals surface area contributed by atoms with E-state index in [2.05, 4.69) is 4.90 Å². The molecule has 2 unspecified atom stereocenters. The fourth-order valence-corrected chi connectivity index (χ4v) is 5.26. The summed E-state index contributed by atoms with van der Waals surface area (Å²) in [5, 5.41) is 0.693. The van der Waals surface area contributed by atoms with E-state index in [4.69, 9.17) is 16.3 Å². The lowest BCUT2D eigenvalue weighted by Gasteiger charge is -2.40. The summed E-state index contributed by atoms with van der Waals surface area (Å²) in [6.45, 7) is 6.95. The van der Waals surface area contributed by atoms with Crippen molar-refractivity contribution >= 4 is 27.5 Å². The van der Waals surface area contributed by atoms with Gasteiger partial charge in [0.25, 0.3) is 10.2 Å². The lowest BCUT2D eigenvalue weighted by molar-refractivity contribution is -0.0455. The predicted octanol–water partition coefficient (Wildman–Crippen LogP) is 1.82. The van der Waals surface area contributed by atoms with E-state index in [-0.39, 0.29) is 12.2 Å². The molecule has 0 bridgehead atoms. The van der Waals surface area contributed by atoms with Gasteiger partial charge in [-0.3, -0.25) is 0 Å². The summed E-state index contributed by atoms with van der Waals surface area (Å²) in [7, 11) is -3.43. The average Bonchev–Trinajstić information content (AvgIpc) is 2.54. The van der Waals surface area contributed by atoms with Crippen LogP contribution in [0, 0.1) is 0 Å². The van der Waals surface area contributed by atoms with Crippen molar-refractivity contribution in [3.8, 4) is 0 Å². The zero-order valence-corrected chi connectivity index (χ0v) is 15.6. The summed E-state index contributed by atoms with van der Waals surface area (Å²) in [5.41, 5.74) is 1.04. The zero-order chi connectivity index (χ0) is 17.3. The lowest BCUT2D eigenvalue weighted by Crippen LogP contribution is -2.57. The number of nitrogens with zero attached hydrogens (tertiary/aromatic N) is 3. The van der Waals surface area contributed by atoms with Crippen LogP contribution in [0.4, 0.5) is 5.69 Å². The normalized spacial score (nSPS) is 27.4. The van der Waals surface area contributed by atoms with Gasteiger partial charge in [-0.15, -0.1) is 0 Å². The highest BCUT2D eigenvalue weighted by Crippen LogP contribution is 2.23. The molecule has 0 saturated carbocycles. The number of rotatable bonds is 3. The Labute approximate surface area is 149 Å². The molecule has 0 spiro atoms. The molecule has 1 aromatic rings. The molecule has 1 aromatic carbocycles. The minimum Gasteiger partial charge on any atom is -0.373 e. The van der Waals surface area contributed by atoms with Crippen molar-refractivity contribution in [2.24, 2.45) is 0 Å². The molecule has 0 radical (unpaired) electrons. The lowest BCUT2D eigenvalue weighted by atomic mass is 10.2. The maximum absolute atomic E-state index is 12.9. The van der Waals surface area contributed by atoms with Gasteiger partial charge in [0.15, 0.2) is 0 Å². The van der Waals surface area contributed by atoms with Crippen molar-refractivity contribution in [1.82, 2.24) is 8.61 Å². The average molecular weight is 374 g/mol. The molecule has 6 nitrogen and oxygen atoms in total. The number of ether oxygens (including phenoxy) is 1. The summed E-state index contributed by atoms with van der Waals surface area (Å²) in [4.78, 5) is 2.17. The van der Waals surface area contributed by atoms with Crippen LogP contribution in [0.5, 0.6) is 0 Å². The molecular weight excluding hydrogens is 350 g/mol. The van der Waals surface area contributed by atoms with Crippen molar-refractivity contribution in [1.29, 1.82) is 0 Å². The van der Waals surface area contributed by atoms with Crippen LogP contribution in [0.2, 0.25) is 5.02 Å². The highest BCUT2D eigenvalue weighted by atomic mass is 35.5. The Morgan fingerprint density at radius 1 is 1.04 bits per heavy atom. The molecule has 8 heteroatoms. The summed E-state index contributed by atoms with van der Waals surface area (Å²) < 4.78 is 34.5. The topological polar surface area (TPSA) is 53.1 Å². The van der Waals surface area contributed by atoms with E-state index >= 15 is 0 Å². The van der Waals surface area contributed by atoms with Crippen LogP contribution in [0.3, 0.4) is 0 Å². The zero-order valence-electron chi connectivity index (χ0n) is 14.1. The molecule has 2 saturated heterocycles. The summed E-state index contributed by atoms with van der Waals surface area (Å²) >= 11 is 6.04. The van der Waals surface area contributed by atoms with Gasteiger partial charge in [0, 0.05) is 50.0 Å². The van der Waals surface area contributed by atoms with Crippen LogP contribution < -0.4 is 4.90 Å². The molecule has 2 atom stereocenters. The molecular formula is C16H24ClN3O3S. The Balaban J connectivity index is 1.65. The third-order valence-corrected chi connectivity index (χ3v) is 6.65. The minimum absolute atomic E-state index is 0.0729. The fraction of sp³-hybridized carbons (Fsp3) is 0.625. The van der Waals surface area contributed by atoms with Gasteiger partial charge in [0.2, 0.25) is 0 Å². The summed E-state index contributed by atoms with van der Waals surface area (Å²) in [5.74, 6) is 0. The largest absolute Gasteiger partial charge is 0.373 e. The molecule has 3 rings (SSSR count). The van der Waals surface area contributed by atoms with Crippen LogP contribution in [-0.2, 0) is 14.9 Å². The molecule has 0 amide bonds. The van der Waals surface area contributed by atoms with Gasteiger partial charge in [-0.25, -0.2) is 0 Å². The molecule has 2 aliphatic heterocycles. The second-order valence-corrected chi connectivity index (χ2v) is 8.81. The van der Waals surface area contributed by atoms with Crippen molar-refractivity contribution in [3.05, 3.63) is 29.3 Å². The maximum atomic E-state index is 12.9. The molecule has 2 fully saturated rings. The molecule has 0 aliphatic carbocycles. The third-order valence-electron chi connectivity index (χ3n) is 4.45. The van der Waals surface area contributed by atoms with Crippen molar-refractivity contribution < 1.29 is 13.2 Å². The maximum Gasteiger partial charge on any atom is 0.282 e. The monoisotopic (exact) mass is 373 g/mol. The second-order valence-electron chi connectivity index (χ2n) is 6.45. The molecule has 0 N–H and O–H groups in total. The Morgan fingerprint density at radius 3 is 2.25 bits per heavy atom. The van der Waals surface area contributed by atoms with Crippen molar-refractivity contribution in [2.75, 3.05) is 44.2 Å². The van der Waals surface area contributed by atoms with Crippen molar-refractivity contribution in [2.45, 2.75) is 26.1 Å². The first-order chi connectivity index (χ1) is 11.4.